The number of nitrogens with zero attached hydrogens (tertiary/aromatic N) is 1. The van der Waals surface area contributed by atoms with E-state index in [0.717, 1.165) is 5.76 Å². The molecule has 0 atom stereocenters. The molecule has 0 aromatic carbocycles. The predicted molar refractivity (Wildman–Crippen MR) is 61.1 cm³/mol. The van der Waals surface area contributed by atoms with E-state index in [1.165, 1.54) is 0 Å². The van der Waals surface area contributed by atoms with Crippen LogP contribution in [0.5, 0.6) is 0 Å². The van der Waals surface area contributed by atoms with Crippen LogP contribution in [0.15, 0.2) is 22.8 Å². The molecule has 0 amide bonds. The van der Waals surface area contributed by atoms with Gasteiger partial charge >= 0.3 is 0 Å². The van der Waals surface area contributed by atoms with Crippen LogP contribution in [0.2, 0.25) is 0 Å². The highest BCUT2D eigenvalue weighted by atomic mass is 32.2. The van der Waals surface area contributed by atoms with E-state index in [1.54, 1.807) is 12.3 Å². The first-order chi connectivity index (χ1) is 7.36. The van der Waals surface area contributed by atoms with E-state index in [9.17, 15) is 7.77 Å². The van der Waals surface area contributed by atoms with Gasteiger partial charge in [0.15, 0.2) is 0 Å². The van der Waals surface area contributed by atoms with Crippen molar-refractivity contribution in [3.8, 4) is 0 Å². The van der Waals surface area contributed by atoms with Gasteiger partial charge in [0, 0.05) is 48.9 Å². The summed E-state index contributed by atoms with van der Waals surface area (Å²) in [6.07, 6.45) is 1.60. The van der Waals surface area contributed by atoms with Crippen LogP contribution in [0.25, 0.3) is 0 Å². The van der Waals surface area contributed by atoms with Gasteiger partial charge in [-0.25, -0.2) is 0 Å². The van der Waals surface area contributed by atoms with E-state index in [0.29, 0.717) is 55.4 Å². The van der Waals surface area contributed by atoms with Crippen LogP contribution >= 0.6 is 24.3 Å². The summed E-state index contributed by atoms with van der Waals surface area (Å²) in [4.78, 5) is 1.97. The fourth-order valence-electron chi connectivity index (χ4n) is 1.22. The summed E-state index contributed by atoms with van der Waals surface area (Å²) in [5.41, 5.74) is 0. The Morgan fingerprint density at radius 1 is 1.20 bits per heavy atom. The monoisotopic (exact) mass is 253 g/mol. The summed E-state index contributed by atoms with van der Waals surface area (Å²) < 4.78 is 29.1. The zero-order valence-corrected chi connectivity index (χ0v) is 9.83. The van der Waals surface area contributed by atoms with Gasteiger partial charge in [-0.15, -0.1) is 0 Å². The van der Waals surface area contributed by atoms with Crippen molar-refractivity contribution in [1.82, 2.24) is 4.90 Å². The number of halogens is 2. The van der Waals surface area contributed by atoms with Crippen molar-refractivity contribution in [3.05, 3.63) is 24.2 Å². The first-order valence-corrected chi connectivity index (χ1v) is 6.36. The molecule has 1 heterocycles. The van der Waals surface area contributed by atoms with E-state index >= 15 is 0 Å². The molecule has 1 aromatic heterocycles. The number of hydrogen-bond acceptors (Lipinski definition) is 4. The molecule has 6 heteroatoms. The van der Waals surface area contributed by atoms with Gasteiger partial charge in [0.2, 0.25) is 0 Å². The van der Waals surface area contributed by atoms with Gasteiger partial charge in [-0.2, -0.15) is 7.77 Å². The van der Waals surface area contributed by atoms with E-state index in [-0.39, 0.29) is 0 Å². The van der Waals surface area contributed by atoms with Gasteiger partial charge in [0.25, 0.3) is 0 Å². The molecule has 1 aromatic rings. The summed E-state index contributed by atoms with van der Waals surface area (Å²) in [5.74, 6) is 1.62. The molecule has 86 valence electrons. The molecule has 2 nitrogen and oxygen atoms in total. The van der Waals surface area contributed by atoms with Crippen molar-refractivity contribution in [2.45, 2.75) is 6.54 Å². The van der Waals surface area contributed by atoms with Crippen LogP contribution in [0.4, 0.5) is 7.77 Å². The molecule has 0 N–H and O–H groups in total. The molecule has 0 radical (unpaired) electrons. The van der Waals surface area contributed by atoms with Crippen LogP contribution in [0, 0.1) is 0 Å². The summed E-state index contributed by atoms with van der Waals surface area (Å²) in [6, 6.07) is 3.67. The Balaban J connectivity index is 2.33. The Kier molecular flexibility index (Phi) is 6.87. The van der Waals surface area contributed by atoms with Gasteiger partial charge < -0.3 is 4.42 Å². The normalized spacial score (nSPS) is 11.1. The summed E-state index contributed by atoms with van der Waals surface area (Å²) in [5, 5.41) is 0. The van der Waals surface area contributed by atoms with Gasteiger partial charge in [-0.1, -0.05) is 0 Å². The fraction of sp³-hybridized carbons (Fsp3) is 0.556. The molecule has 1 rings (SSSR count). The van der Waals surface area contributed by atoms with Crippen molar-refractivity contribution in [2.24, 2.45) is 0 Å². The Hall–Kier alpha value is -0.200. The fourth-order valence-corrected chi connectivity index (χ4v) is 1.87. The molecule has 0 aliphatic heterocycles. The summed E-state index contributed by atoms with van der Waals surface area (Å²) in [6.45, 7) is 1.80. The highest BCUT2D eigenvalue weighted by Gasteiger charge is 2.07. The lowest BCUT2D eigenvalue weighted by atomic mass is 10.4. The number of rotatable bonds is 8. The van der Waals surface area contributed by atoms with Gasteiger partial charge in [0.1, 0.15) is 5.76 Å². The summed E-state index contributed by atoms with van der Waals surface area (Å²) in [7, 11) is 0. The molecule has 0 aliphatic rings. The minimum absolute atomic E-state index is 0.303. The van der Waals surface area contributed by atoms with Gasteiger partial charge in [0.05, 0.1) is 12.8 Å². The van der Waals surface area contributed by atoms with E-state index in [4.69, 9.17) is 4.42 Å². The van der Waals surface area contributed by atoms with Gasteiger partial charge in [-0.05, 0) is 12.1 Å². The second-order valence-corrected chi connectivity index (χ2v) is 4.23. The first kappa shape index (κ1) is 12.9. The molecule has 0 saturated carbocycles. The molecule has 0 saturated heterocycles. The third-order valence-corrected chi connectivity index (χ3v) is 2.60. The van der Waals surface area contributed by atoms with Crippen molar-refractivity contribution in [2.75, 3.05) is 24.6 Å². The largest absolute Gasteiger partial charge is 0.468 e. The standard InChI is InChI=1S/C9H13F2NOS2/c10-14-6-3-12(4-7-15-11)8-9-2-1-5-13-9/h1-2,5H,3-4,6-8H2. The maximum absolute atomic E-state index is 11.9. The zero-order chi connectivity index (χ0) is 10.9. The van der Waals surface area contributed by atoms with Gasteiger partial charge in [-0.3, -0.25) is 4.90 Å². The van der Waals surface area contributed by atoms with Crippen molar-refractivity contribution in [3.63, 3.8) is 0 Å². The lowest BCUT2D eigenvalue weighted by Crippen LogP contribution is -2.27. The average molecular weight is 253 g/mol. The molecular formula is C9H13F2NOS2. The third-order valence-electron chi connectivity index (χ3n) is 1.93. The quantitative estimate of drug-likeness (QED) is 0.706. The average Bonchev–Trinajstić information content (AvgIpc) is 2.74. The highest BCUT2D eigenvalue weighted by Crippen LogP contribution is 2.09. The van der Waals surface area contributed by atoms with Crippen LogP contribution in [-0.4, -0.2) is 29.5 Å². The molecule has 15 heavy (non-hydrogen) atoms. The zero-order valence-electron chi connectivity index (χ0n) is 8.20. The number of hydrogen-bond donors (Lipinski definition) is 0. The van der Waals surface area contributed by atoms with Crippen LogP contribution in [0.3, 0.4) is 0 Å². The lowest BCUT2D eigenvalue weighted by Gasteiger charge is -2.18. The van der Waals surface area contributed by atoms with E-state index in [2.05, 4.69) is 0 Å². The van der Waals surface area contributed by atoms with Crippen molar-refractivity contribution in [1.29, 1.82) is 0 Å². The second-order valence-electron chi connectivity index (χ2n) is 2.98. The Morgan fingerprint density at radius 3 is 2.33 bits per heavy atom. The van der Waals surface area contributed by atoms with Crippen molar-refractivity contribution < 1.29 is 12.2 Å². The third kappa shape index (κ3) is 5.44. The van der Waals surface area contributed by atoms with Crippen molar-refractivity contribution >= 4 is 24.3 Å². The highest BCUT2D eigenvalue weighted by molar-refractivity contribution is 7.94. The molecule has 0 spiro atoms. The number of furan rings is 1. The Bertz CT molecular complexity index is 238. The van der Waals surface area contributed by atoms with Crippen LogP contribution in [-0.2, 0) is 6.54 Å². The minimum atomic E-state index is 0.303. The minimum Gasteiger partial charge on any atom is -0.468 e. The van der Waals surface area contributed by atoms with E-state index < -0.39 is 0 Å². The smallest absolute Gasteiger partial charge is 0.117 e. The summed E-state index contributed by atoms with van der Waals surface area (Å²) >= 11 is 0.606. The molecule has 0 bridgehead atoms. The predicted octanol–water partition coefficient (Wildman–Crippen LogP) is 3.32. The molecule has 0 aliphatic carbocycles. The lowest BCUT2D eigenvalue weighted by molar-refractivity contribution is 0.272. The van der Waals surface area contributed by atoms with E-state index in [1.807, 2.05) is 11.0 Å². The Labute approximate surface area is 97.0 Å². The van der Waals surface area contributed by atoms with Crippen LogP contribution < -0.4 is 0 Å². The SMILES string of the molecule is FSCCN(CCSF)Cc1ccco1. The first-order valence-electron chi connectivity index (χ1n) is 4.58. The topological polar surface area (TPSA) is 16.4 Å². The molecule has 0 fully saturated rings. The molecular weight excluding hydrogens is 240 g/mol. The maximum atomic E-state index is 11.9. The Morgan fingerprint density at radius 2 is 1.87 bits per heavy atom. The second kappa shape index (κ2) is 8.01. The maximum Gasteiger partial charge on any atom is 0.117 e. The van der Waals surface area contributed by atoms with Crippen LogP contribution in [0.1, 0.15) is 5.76 Å². The molecule has 0 unspecified atom stereocenters.